The van der Waals surface area contributed by atoms with Gasteiger partial charge in [0.1, 0.15) is 12.6 Å². The van der Waals surface area contributed by atoms with Crippen molar-refractivity contribution in [2.24, 2.45) is 5.92 Å². The number of alkyl carbamates (subject to hydrolysis) is 1. The van der Waals surface area contributed by atoms with Gasteiger partial charge in [-0.15, -0.1) is 0 Å². The maximum absolute atomic E-state index is 13.0. The monoisotopic (exact) mass is 494 g/mol. The van der Waals surface area contributed by atoms with E-state index in [-0.39, 0.29) is 30.8 Å². The molecule has 3 amide bonds. The highest BCUT2D eigenvalue weighted by Gasteiger charge is 2.28. The van der Waals surface area contributed by atoms with Crippen LogP contribution in [-0.4, -0.2) is 43.1 Å². The van der Waals surface area contributed by atoms with Crippen molar-refractivity contribution in [1.29, 1.82) is 0 Å². The van der Waals surface area contributed by atoms with Crippen molar-refractivity contribution in [1.82, 2.24) is 10.6 Å². The Hall–Kier alpha value is -3.55. The average Bonchev–Trinajstić information content (AvgIpc) is 3.41. The number of ether oxygens (including phenoxy) is 1. The van der Waals surface area contributed by atoms with E-state index in [0.29, 0.717) is 6.42 Å². The van der Waals surface area contributed by atoms with E-state index >= 15 is 0 Å². The zero-order valence-corrected chi connectivity index (χ0v) is 21.5. The second-order valence-electron chi connectivity index (χ2n) is 9.48. The van der Waals surface area contributed by atoms with Crippen molar-refractivity contribution in [2.45, 2.75) is 65.1 Å². The molecule has 1 fully saturated rings. The van der Waals surface area contributed by atoms with Crippen molar-refractivity contribution in [3.63, 3.8) is 0 Å². The molecule has 3 atom stereocenters. The average molecular weight is 495 g/mol. The van der Waals surface area contributed by atoms with Gasteiger partial charge in [-0.3, -0.25) is 9.59 Å². The maximum atomic E-state index is 13.0. The molecule has 8 heteroatoms. The number of carbonyl (C=O) groups excluding carboxylic acids is 3. The van der Waals surface area contributed by atoms with E-state index in [2.05, 4.69) is 26.9 Å². The Bertz CT molecular complexity index is 1010. The Labute approximate surface area is 213 Å². The molecule has 2 aromatic rings. The van der Waals surface area contributed by atoms with Gasteiger partial charge in [0.2, 0.25) is 11.8 Å². The van der Waals surface area contributed by atoms with Crippen LogP contribution in [0, 0.1) is 5.92 Å². The van der Waals surface area contributed by atoms with Crippen LogP contribution in [0.15, 0.2) is 54.6 Å². The molecule has 1 aliphatic rings. The second kappa shape index (κ2) is 13.5. The van der Waals surface area contributed by atoms with Gasteiger partial charge >= 0.3 is 6.09 Å². The third-order valence-electron chi connectivity index (χ3n) is 6.46. The molecule has 0 aliphatic carbocycles. The first-order chi connectivity index (χ1) is 17.4. The van der Waals surface area contributed by atoms with Crippen LogP contribution in [0.3, 0.4) is 0 Å². The first kappa shape index (κ1) is 27.0. The molecule has 1 heterocycles. The van der Waals surface area contributed by atoms with Crippen molar-refractivity contribution < 1.29 is 19.1 Å². The summed E-state index contributed by atoms with van der Waals surface area (Å²) < 4.78 is 5.29. The third kappa shape index (κ3) is 8.29. The molecule has 0 saturated carbocycles. The van der Waals surface area contributed by atoms with Crippen molar-refractivity contribution in [2.75, 3.05) is 23.3 Å². The molecular formula is C28H38N4O4. The van der Waals surface area contributed by atoms with Crippen LogP contribution in [0.2, 0.25) is 0 Å². The molecule has 0 spiro atoms. The van der Waals surface area contributed by atoms with Gasteiger partial charge < -0.3 is 25.6 Å². The highest BCUT2D eigenvalue weighted by molar-refractivity contribution is 5.92. The Balaban J connectivity index is 1.49. The minimum absolute atomic E-state index is 0.108. The Kier molecular flexibility index (Phi) is 10.2. The molecule has 0 aromatic heterocycles. The summed E-state index contributed by atoms with van der Waals surface area (Å²) in [5.41, 5.74) is 2.71. The Morgan fingerprint density at radius 2 is 1.69 bits per heavy atom. The summed E-state index contributed by atoms with van der Waals surface area (Å²) in [4.78, 5) is 40.3. The minimum Gasteiger partial charge on any atom is -0.445 e. The van der Waals surface area contributed by atoms with E-state index in [1.165, 1.54) is 12.8 Å². The van der Waals surface area contributed by atoms with E-state index in [1.807, 2.05) is 62.4 Å². The maximum Gasteiger partial charge on any atom is 0.408 e. The van der Waals surface area contributed by atoms with Gasteiger partial charge in [-0.05, 0) is 49.4 Å². The largest absolute Gasteiger partial charge is 0.445 e. The Morgan fingerprint density at radius 1 is 0.972 bits per heavy atom. The second-order valence-corrected chi connectivity index (χ2v) is 9.48. The number of benzene rings is 2. The summed E-state index contributed by atoms with van der Waals surface area (Å²) in [6, 6.07) is 16.0. The van der Waals surface area contributed by atoms with E-state index in [1.54, 1.807) is 6.92 Å². The minimum atomic E-state index is -0.763. The quantitative estimate of drug-likeness (QED) is 0.428. The van der Waals surface area contributed by atoms with Gasteiger partial charge in [-0.25, -0.2) is 4.79 Å². The number of anilines is 2. The zero-order valence-electron chi connectivity index (χ0n) is 21.5. The summed E-state index contributed by atoms with van der Waals surface area (Å²) in [6.45, 7) is 7.81. The highest BCUT2D eigenvalue weighted by atomic mass is 16.5. The highest BCUT2D eigenvalue weighted by Crippen LogP contribution is 2.23. The topological polar surface area (TPSA) is 99.8 Å². The number of hydrogen-bond acceptors (Lipinski definition) is 5. The Morgan fingerprint density at radius 3 is 2.39 bits per heavy atom. The fourth-order valence-corrected chi connectivity index (χ4v) is 4.22. The standard InChI is InChI=1S/C28H38N4O4/c1-4-20(2)26(31-28(35)36-19-22-11-6-5-7-12-22)27(34)29-21(3)17-25(33)30-23-13-10-14-24(18-23)32-15-8-9-16-32/h5-7,10-14,18,20-21,26H,4,8-9,15-17,19H2,1-3H3,(H,29,34)(H,30,33)(H,31,35)/t20-,21?,26-/m0/s1. The number of rotatable bonds is 11. The number of amides is 3. The lowest BCUT2D eigenvalue weighted by Crippen LogP contribution is -2.52. The van der Waals surface area contributed by atoms with E-state index in [4.69, 9.17) is 4.74 Å². The van der Waals surface area contributed by atoms with Gasteiger partial charge in [0.05, 0.1) is 0 Å². The lowest BCUT2D eigenvalue weighted by molar-refractivity contribution is -0.125. The molecule has 194 valence electrons. The van der Waals surface area contributed by atoms with Crippen molar-refractivity contribution in [3.05, 3.63) is 60.2 Å². The van der Waals surface area contributed by atoms with Crippen LogP contribution in [0.4, 0.5) is 16.2 Å². The van der Waals surface area contributed by atoms with Crippen molar-refractivity contribution in [3.8, 4) is 0 Å². The predicted molar refractivity (Wildman–Crippen MR) is 142 cm³/mol. The van der Waals surface area contributed by atoms with Gasteiger partial charge in [0.15, 0.2) is 0 Å². The van der Waals surface area contributed by atoms with Gasteiger partial charge in [0.25, 0.3) is 0 Å². The van der Waals surface area contributed by atoms with Crippen LogP contribution in [-0.2, 0) is 20.9 Å². The fourth-order valence-electron chi connectivity index (χ4n) is 4.22. The fraction of sp³-hybridized carbons (Fsp3) is 0.464. The molecule has 1 aliphatic heterocycles. The smallest absolute Gasteiger partial charge is 0.408 e. The number of hydrogen-bond donors (Lipinski definition) is 3. The number of nitrogens with one attached hydrogen (secondary N) is 3. The van der Waals surface area contributed by atoms with Crippen LogP contribution < -0.4 is 20.9 Å². The lowest BCUT2D eigenvalue weighted by Gasteiger charge is -2.25. The van der Waals surface area contributed by atoms with Gasteiger partial charge in [0, 0.05) is 36.9 Å². The summed E-state index contributed by atoms with van der Waals surface area (Å²) in [6.07, 6.45) is 2.53. The van der Waals surface area contributed by atoms with Gasteiger partial charge in [-0.2, -0.15) is 0 Å². The van der Waals surface area contributed by atoms with E-state index in [0.717, 1.165) is 30.0 Å². The summed E-state index contributed by atoms with van der Waals surface area (Å²) in [5, 5.41) is 8.49. The molecule has 3 rings (SSSR count). The van der Waals surface area contributed by atoms with Crippen LogP contribution in [0.25, 0.3) is 0 Å². The molecule has 3 N–H and O–H groups in total. The number of carbonyl (C=O) groups is 3. The predicted octanol–water partition coefficient (Wildman–Crippen LogP) is 4.46. The molecular weight excluding hydrogens is 456 g/mol. The lowest BCUT2D eigenvalue weighted by atomic mass is 9.98. The molecule has 8 nitrogen and oxygen atoms in total. The molecule has 0 radical (unpaired) electrons. The normalized spacial score (nSPS) is 15.5. The summed E-state index contributed by atoms with van der Waals surface area (Å²) >= 11 is 0. The van der Waals surface area contributed by atoms with Crippen LogP contribution in [0.1, 0.15) is 52.0 Å². The first-order valence-electron chi connectivity index (χ1n) is 12.8. The third-order valence-corrected chi connectivity index (χ3v) is 6.46. The number of nitrogens with zero attached hydrogens (tertiary/aromatic N) is 1. The SMILES string of the molecule is CC[C@H](C)[C@H](NC(=O)OCc1ccccc1)C(=O)NC(C)CC(=O)Nc1cccc(N2CCCC2)c1. The first-order valence-corrected chi connectivity index (χ1v) is 12.8. The molecule has 1 saturated heterocycles. The molecule has 2 aromatic carbocycles. The van der Waals surface area contributed by atoms with Crippen LogP contribution >= 0.6 is 0 Å². The molecule has 0 bridgehead atoms. The summed E-state index contributed by atoms with van der Waals surface area (Å²) in [7, 11) is 0. The molecule has 36 heavy (non-hydrogen) atoms. The molecule has 1 unspecified atom stereocenters. The van der Waals surface area contributed by atoms with E-state index in [9.17, 15) is 14.4 Å². The zero-order chi connectivity index (χ0) is 25.9. The van der Waals surface area contributed by atoms with Crippen molar-refractivity contribution >= 4 is 29.3 Å². The summed E-state index contributed by atoms with van der Waals surface area (Å²) in [5.74, 6) is -0.627. The van der Waals surface area contributed by atoms with Crippen LogP contribution in [0.5, 0.6) is 0 Å². The van der Waals surface area contributed by atoms with E-state index < -0.39 is 18.2 Å². The van der Waals surface area contributed by atoms with Gasteiger partial charge in [-0.1, -0.05) is 56.7 Å².